The molecule has 146 valence electrons. The van der Waals surface area contributed by atoms with Crippen LogP contribution in [-0.2, 0) is 7.05 Å². The third-order valence-corrected chi connectivity index (χ3v) is 5.52. The first-order valence-electron chi connectivity index (χ1n) is 8.75. The Hall–Kier alpha value is -3.59. The molecular formula is C20H17N5O3S. The van der Waals surface area contributed by atoms with Gasteiger partial charge in [0.1, 0.15) is 21.4 Å². The van der Waals surface area contributed by atoms with Gasteiger partial charge in [0.2, 0.25) is 0 Å². The van der Waals surface area contributed by atoms with E-state index in [9.17, 15) is 9.90 Å². The molecule has 0 unspecified atom stereocenters. The number of hydrogen-bond donors (Lipinski definition) is 1. The van der Waals surface area contributed by atoms with Crippen LogP contribution >= 0.6 is 11.3 Å². The first kappa shape index (κ1) is 18.8. The molecule has 0 atom stereocenters. The zero-order chi connectivity index (χ0) is 20.5. The lowest BCUT2D eigenvalue weighted by atomic mass is 10.1. The second-order valence-electron chi connectivity index (χ2n) is 6.49. The molecule has 0 radical (unpaired) electrons. The van der Waals surface area contributed by atoms with Gasteiger partial charge in [0.25, 0.3) is 0 Å². The number of aromatic nitrogens is 5. The second kappa shape index (κ2) is 7.44. The van der Waals surface area contributed by atoms with Gasteiger partial charge in [-0.15, -0.1) is 16.4 Å². The molecule has 0 aliphatic heterocycles. The van der Waals surface area contributed by atoms with Gasteiger partial charge in [-0.2, -0.15) is 0 Å². The SMILES string of the molecule is Cc1ccc(Oc2ccc(-c3nc(C)c(C(=O)O)s3)cc2-c2nnnn2C)cc1. The molecule has 0 saturated carbocycles. The van der Waals surface area contributed by atoms with Gasteiger partial charge in [-0.25, -0.2) is 14.5 Å². The van der Waals surface area contributed by atoms with E-state index in [-0.39, 0.29) is 4.88 Å². The topological polar surface area (TPSA) is 103 Å². The van der Waals surface area contributed by atoms with Crippen molar-refractivity contribution in [3.05, 3.63) is 58.6 Å². The van der Waals surface area contributed by atoms with Crippen LogP contribution in [-0.4, -0.2) is 36.3 Å². The number of aromatic carboxylic acids is 1. The highest BCUT2D eigenvalue weighted by molar-refractivity contribution is 7.17. The van der Waals surface area contributed by atoms with E-state index in [1.54, 1.807) is 18.7 Å². The maximum atomic E-state index is 11.4. The fourth-order valence-corrected chi connectivity index (χ4v) is 3.74. The Morgan fingerprint density at radius 1 is 1.14 bits per heavy atom. The van der Waals surface area contributed by atoms with E-state index < -0.39 is 5.97 Å². The molecule has 0 bridgehead atoms. The normalized spacial score (nSPS) is 10.9. The fraction of sp³-hybridized carbons (Fsp3) is 0.150. The zero-order valence-electron chi connectivity index (χ0n) is 15.9. The number of hydrogen-bond acceptors (Lipinski definition) is 7. The number of carbonyl (C=O) groups is 1. The number of aryl methyl sites for hydroxylation is 3. The number of ether oxygens (including phenoxy) is 1. The number of benzene rings is 2. The molecule has 4 aromatic rings. The molecule has 9 heteroatoms. The van der Waals surface area contributed by atoms with Crippen molar-refractivity contribution in [2.75, 3.05) is 0 Å². The van der Waals surface area contributed by atoms with Gasteiger partial charge in [-0.05, 0) is 54.6 Å². The van der Waals surface area contributed by atoms with Crippen molar-refractivity contribution in [1.29, 1.82) is 0 Å². The summed E-state index contributed by atoms with van der Waals surface area (Å²) in [4.78, 5) is 16.0. The molecule has 29 heavy (non-hydrogen) atoms. The van der Waals surface area contributed by atoms with E-state index in [0.29, 0.717) is 33.6 Å². The van der Waals surface area contributed by atoms with Crippen LogP contribution in [0.2, 0.25) is 0 Å². The second-order valence-corrected chi connectivity index (χ2v) is 7.49. The average Bonchev–Trinajstić information content (AvgIpc) is 3.29. The molecule has 2 aromatic heterocycles. The van der Waals surface area contributed by atoms with Gasteiger partial charge >= 0.3 is 5.97 Å². The molecule has 4 rings (SSSR count). The van der Waals surface area contributed by atoms with Crippen molar-refractivity contribution >= 4 is 17.3 Å². The summed E-state index contributed by atoms with van der Waals surface area (Å²) in [6.07, 6.45) is 0. The van der Waals surface area contributed by atoms with Crippen LogP contribution in [0.4, 0.5) is 0 Å². The lowest BCUT2D eigenvalue weighted by molar-refractivity contribution is 0.0701. The van der Waals surface area contributed by atoms with Crippen LogP contribution in [0.3, 0.4) is 0 Å². The van der Waals surface area contributed by atoms with Crippen molar-refractivity contribution in [1.82, 2.24) is 25.2 Å². The summed E-state index contributed by atoms with van der Waals surface area (Å²) in [6.45, 7) is 3.70. The minimum atomic E-state index is -0.983. The summed E-state index contributed by atoms with van der Waals surface area (Å²) in [7, 11) is 1.74. The maximum Gasteiger partial charge on any atom is 0.347 e. The van der Waals surface area contributed by atoms with E-state index in [1.165, 1.54) is 0 Å². The van der Waals surface area contributed by atoms with Gasteiger partial charge in [0.05, 0.1) is 11.3 Å². The van der Waals surface area contributed by atoms with E-state index >= 15 is 0 Å². The van der Waals surface area contributed by atoms with Crippen LogP contribution in [0, 0.1) is 13.8 Å². The van der Waals surface area contributed by atoms with Crippen LogP contribution in [0.15, 0.2) is 42.5 Å². The van der Waals surface area contributed by atoms with E-state index in [4.69, 9.17) is 4.74 Å². The van der Waals surface area contributed by atoms with Crippen molar-refractivity contribution in [3.8, 4) is 33.5 Å². The smallest absolute Gasteiger partial charge is 0.347 e. The quantitative estimate of drug-likeness (QED) is 0.531. The largest absolute Gasteiger partial charge is 0.477 e. The monoisotopic (exact) mass is 407 g/mol. The summed E-state index contributed by atoms with van der Waals surface area (Å²) in [5.74, 6) is 0.823. The Morgan fingerprint density at radius 3 is 2.52 bits per heavy atom. The molecule has 0 aliphatic rings. The molecular weight excluding hydrogens is 390 g/mol. The molecule has 2 heterocycles. The summed E-state index contributed by atoms with van der Waals surface area (Å²) in [6, 6.07) is 13.3. The first-order valence-corrected chi connectivity index (χ1v) is 9.56. The molecule has 8 nitrogen and oxygen atoms in total. The van der Waals surface area contributed by atoms with E-state index in [2.05, 4.69) is 20.5 Å². The van der Waals surface area contributed by atoms with Gasteiger partial charge in [0.15, 0.2) is 5.82 Å². The van der Waals surface area contributed by atoms with Gasteiger partial charge in [0, 0.05) is 12.6 Å². The van der Waals surface area contributed by atoms with Gasteiger partial charge in [-0.1, -0.05) is 17.7 Å². The Balaban J connectivity index is 1.80. The Bertz CT molecular complexity index is 1200. The highest BCUT2D eigenvalue weighted by Crippen LogP contribution is 2.37. The van der Waals surface area contributed by atoms with Gasteiger partial charge < -0.3 is 9.84 Å². The average molecular weight is 407 g/mol. The van der Waals surface area contributed by atoms with E-state index in [0.717, 1.165) is 22.5 Å². The molecule has 0 aliphatic carbocycles. The minimum Gasteiger partial charge on any atom is -0.477 e. The predicted molar refractivity (Wildman–Crippen MR) is 108 cm³/mol. The van der Waals surface area contributed by atoms with Gasteiger partial charge in [-0.3, -0.25) is 0 Å². The number of nitrogens with zero attached hydrogens (tertiary/aromatic N) is 5. The number of carboxylic acids is 1. The number of thiazole rings is 1. The lowest BCUT2D eigenvalue weighted by Crippen LogP contribution is -1.97. The molecule has 0 amide bonds. The Labute approximate surface area is 170 Å². The lowest BCUT2D eigenvalue weighted by Gasteiger charge is -2.12. The van der Waals surface area contributed by atoms with Crippen LogP contribution in [0.1, 0.15) is 20.9 Å². The highest BCUT2D eigenvalue weighted by atomic mass is 32.1. The third-order valence-electron chi connectivity index (χ3n) is 4.33. The minimum absolute atomic E-state index is 0.224. The van der Waals surface area contributed by atoms with Crippen molar-refractivity contribution in [2.24, 2.45) is 7.05 Å². The van der Waals surface area contributed by atoms with Crippen LogP contribution in [0.25, 0.3) is 22.0 Å². The molecule has 0 spiro atoms. The van der Waals surface area contributed by atoms with Crippen molar-refractivity contribution in [3.63, 3.8) is 0 Å². The Morgan fingerprint density at radius 2 is 1.90 bits per heavy atom. The first-order chi connectivity index (χ1) is 13.9. The van der Waals surface area contributed by atoms with Crippen LogP contribution < -0.4 is 4.74 Å². The summed E-state index contributed by atoms with van der Waals surface area (Å²) >= 11 is 1.13. The number of rotatable bonds is 5. The molecule has 0 fully saturated rings. The summed E-state index contributed by atoms with van der Waals surface area (Å²) in [5.41, 5.74) is 3.07. The summed E-state index contributed by atoms with van der Waals surface area (Å²) < 4.78 is 7.63. The predicted octanol–water partition coefficient (Wildman–Crippen LogP) is 4.11. The third kappa shape index (κ3) is 3.72. The molecule has 1 N–H and O–H groups in total. The van der Waals surface area contributed by atoms with Crippen molar-refractivity contribution < 1.29 is 14.6 Å². The number of tetrazole rings is 1. The molecule has 2 aromatic carbocycles. The van der Waals surface area contributed by atoms with Crippen LogP contribution in [0.5, 0.6) is 11.5 Å². The summed E-state index contributed by atoms with van der Waals surface area (Å²) in [5, 5.41) is 21.6. The fourth-order valence-electron chi connectivity index (χ4n) is 2.84. The Kier molecular flexibility index (Phi) is 4.81. The van der Waals surface area contributed by atoms with E-state index in [1.807, 2.05) is 49.4 Å². The number of carboxylic acid groups (broad SMARTS) is 1. The standard InChI is InChI=1S/C20H17N5O3S/c1-11-4-7-14(8-5-11)28-16-9-6-13(10-15(16)18-22-23-24-25(18)3)19-21-12(2)17(29-19)20(26)27/h4-10H,1-3H3,(H,26,27). The van der Waals surface area contributed by atoms with Crippen molar-refractivity contribution in [2.45, 2.75) is 13.8 Å². The maximum absolute atomic E-state index is 11.4. The zero-order valence-corrected chi connectivity index (χ0v) is 16.8. The molecule has 0 saturated heterocycles. The highest BCUT2D eigenvalue weighted by Gasteiger charge is 2.19.